The van der Waals surface area contributed by atoms with Crippen LogP contribution >= 0.6 is 11.8 Å². The second-order valence-electron chi connectivity index (χ2n) is 5.24. The average Bonchev–Trinajstić information content (AvgIpc) is 2.87. The van der Waals surface area contributed by atoms with Crippen LogP contribution in [0.3, 0.4) is 0 Å². The Morgan fingerprint density at radius 3 is 2.61 bits per heavy atom. The molecule has 0 aliphatic carbocycles. The fourth-order valence-electron chi connectivity index (χ4n) is 1.97. The quantitative estimate of drug-likeness (QED) is 0.784. The minimum atomic E-state index is -0.215. The molecule has 1 heterocycles. The Labute approximate surface area is 140 Å². The smallest absolute Gasteiger partial charge is 0.233 e. The lowest BCUT2D eigenvalue weighted by Crippen LogP contribution is -2.32. The summed E-state index contributed by atoms with van der Waals surface area (Å²) in [5, 5.41) is 11.6. The van der Waals surface area contributed by atoms with Crippen LogP contribution in [0.4, 0.5) is 0 Å². The number of ether oxygens (including phenoxy) is 1. The molecule has 1 aromatic carbocycles. The lowest BCUT2D eigenvalue weighted by molar-refractivity contribution is -0.120. The van der Waals surface area contributed by atoms with E-state index in [2.05, 4.69) is 15.5 Å². The monoisotopic (exact) mass is 334 g/mol. The van der Waals surface area contributed by atoms with Gasteiger partial charge >= 0.3 is 0 Å². The van der Waals surface area contributed by atoms with Crippen LogP contribution in [-0.4, -0.2) is 39.6 Å². The van der Waals surface area contributed by atoms with E-state index < -0.39 is 0 Å². The summed E-state index contributed by atoms with van der Waals surface area (Å²) in [7, 11) is 3.54. The molecule has 6 nitrogen and oxygen atoms in total. The van der Waals surface area contributed by atoms with Crippen LogP contribution in [0, 0.1) is 6.92 Å². The van der Waals surface area contributed by atoms with Gasteiger partial charge in [0.25, 0.3) is 0 Å². The van der Waals surface area contributed by atoms with Gasteiger partial charge in [0.2, 0.25) is 5.91 Å². The molecule has 0 radical (unpaired) electrons. The maximum Gasteiger partial charge on any atom is 0.233 e. The van der Waals surface area contributed by atoms with Gasteiger partial charge in [-0.15, -0.1) is 10.2 Å². The summed E-state index contributed by atoms with van der Waals surface area (Å²) in [6.07, 6.45) is 0.788. The molecule has 0 aliphatic heterocycles. The highest BCUT2D eigenvalue weighted by Gasteiger charge is 2.17. The number of hydrogen-bond acceptors (Lipinski definition) is 5. The van der Waals surface area contributed by atoms with E-state index in [1.807, 2.05) is 49.7 Å². The molecule has 1 N–H and O–H groups in total. The molecule has 0 aliphatic rings. The van der Waals surface area contributed by atoms with Crippen LogP contribution in [0.5, 0.6) is 5.75 Å². The van der Waals surface area contributed by atoms with Crippen LogP contribution < -0.4 is 10.1 Å². The molecule has 7 heteroatoms. The summed E-state index contributed by atoms with van der Waals surface area (Å²) < 4.78 is 7.01. The number of aromatic nitrogens is 3. The number of aryl methyl sites for hydroxylation is 1. The van der Waals surface area contributed by atoms with Gasteiger partial charge in [-0.1, -0.05) is 23.9 Å². The first-order valence-corrected chi connectivity index (χ1v) is 8.32. The van der Waals surface area contributed by atoms with Crippen molar-refractivity contribution in [2.24, 2.45) is 7.05 Å². The molecule has 1 amide bonds. The molecule has 2 aromatic rings. The molecular weight excluding hydrogens is 312 g/mol. The van der Waals surface area contributed by atoms with Crippen molar-refractivity contribution in [3.8, 4) is 5.75 Å². The summed E-state index contributed by atoms with van der Waals surface area (Å²) in [5.74, 6) is 1.67. The number of amides is 1. The van der Waals surface area contributed by atoms with Crippen molar-refractivity contribution in [2.75, 3.05) is 13.7 Å². The van der Waals surface area contributed by atoms with Gasteiger partial charge in [0, 0.05) is 13.6 Å². The number of carbonyl (C=O) groups is 1. The minimum absolute atomic E-state index is 0.00386. The first-order chi connectivity index (χ1) is 11.0. The lowest BCUT2D eigenvalue weighted by Gasteiger charge is -2.11. The molecule has 0 saturated heterocycles. The number of nitrogens with one attached hydrogen (secondary N) is 1. The molecular formula is C16H22N4O2S. The van der Waals surface area contributed by atoms with Crippen LogP contribution in [0.2, 0.25) is 0 Å². The van der Waals surface area contributed by atoms with Crippen molar-refractivity contribution in [3.05, 3.63) is 35.7 Å². The van der Waals surface area contributed by atoms with Crippen LogP contribution in [0.15, 0.2) is 29.4 Å². The Morgan fingerprint density at radius 1 is 1.35 bits per heavy atom. The number of thioether (sulfide) groups is 1. The molecule has 0 saturated carbocycles. The lowest BCUT2D eigenvalue weighted by atomic mass is 10.1. The zero-order chi connectivity index (χ0) is 16.8. The molecule has 0 fully saturated rings. The van der Waals surface area contributed by atoms with Crippen LogP contribution in [0.25, 0.3) is 0 Å². The first-order valence-electron chi connectivity index (χ1n) is 7.44. The van der Waals surface area contributed by atoms with Crippen molar-refractivity contribution in [1.29, 1.82) is 0 Å². The van der Waals surface area contributed by atoms with Gasteiger partial charge < -0.3 is 14.6 Å². The van der Waals surface area contributed by atoms with E-state index in [1.54, 1.807) is 7.11 Å². The third-order valence-electron chi connectivity index (χ3n) is 3.58. The van der Waals surface area contributed by atoms with Gasteiger partial charge in [0.15, 0.2) is 5.16 Å². The van der Waals surface area contributed by atoms with E-state index in [4.69, 9.17) is 4.74 Å². The van der Waals surface area contributed by atoms with Gasteiger partial charge in [0.05, 0.1) is 12.4 Å². The highest BCUT2D eigenvalue weighted by molar-refractivity contribution is 8.00. The van der Waals surface area contributed by atoms with E-state index in [-0.39, 0.29) is 11.2 Å². The predicted octanol–water partition coefficient (Wildman–Crippen LogP) is 1.97. The maximum atomic E-state index is 12.1. The van der Waals surface area contributed by atoms with E-state index >= 15 is 0 Å². The number of hydrogen-bond donors (Lipinski definition) is 1. The van der Waals surface area contributed by atoms with E-state index in [9.17, 15) is 4.79 Å². The highest BCUT2D eigenvalue weighted by Crippen LogP contribution is 2.21. The maximum absolute atomic E-state index is 12.1. The topological polar surface area (TPSA) is 69.0 Å². The summed E-state index contributed by atoms with van der Waals surface area (Å²) in [4.78, 5) is 12.1. The zero-order valence-corrected chi connectivity index (χ0v) is 14.7. The average molecular weight is 334 g/mol. The molecule has 0 spiro atoms. The Morgan fingerprint density at radius 2 is 2.04 bits per heavy atom. The Bertz CT molecular complexity index is 655. The Hall–Kier alpha value is -2.02. The number of nitrogens with zero attached hydrogens (tertiary/aromatic N) is 3. The van der Waals surface area contributed by atoms with Gasteiger partial charge in [-0.3, -0.25) is 4.79 Å². The number of methoxy groups -OCH3 is 1. The Kier molecular flexibility index (Phi) is 6.04. The summed E-state index contributed by atoms with van der Waals surface area (Å²) in [6.45, 7) is 4.36. The van der Waals surface area contributed by atoms with Crippen molar-refractivity contribution in [3.63, 3.8) is 0 Å². The normalized spacial score (nSPS) is 12.0. The number of benzene rings is 1. The zero-order valence-electron chi connectivity index (χ0n) is 13.9. The summed E-state index contributed by atoms with van der Waals surface area (Å²) in [6, 6.07) is 7.86. The van der Waals surface area contributed by atoms with Crippen molar-refractivity contribution in [2.45, 2.75) is 30.7 Å². The fraction of sp³-hybridized carbons (Fsp3) is 0.438. The van der Waals surface area contributed by atoms with Crippen molar-refractivity contribution >= 4 is 17.7 Å². The van der Waals surface area contributed by atoms with Gasteiger partial charge in [-0.2, -0.15) is 0 Å². The SMILES string of the molecule is COc1ccc(CCNC(=O)[C@@H](C)Sc2nnc(C)n2C)cc1. The summed E-state index contributed by atoms with van der Waals surface area (Å²) in [5.41, 5.74) is 1.16. The van der Waals surface area contributed by atoms with Gasteiger partial charge in [-0.25, -0.2) is 0 Å². The second kappa shape index (κ2) is 8.01. The molecule has 1 aromatic heterocycles. The van der Waals surface area contributed by atoms with Gasteiger partial charge in [-0.05, 0) is 38.0 Å². The van der Waals surface area contributed by atoms with Crippen molar-refractivity contribution < 1.29 is 9.53 Å². The second-order valence-corrected chi connectivity index (χ2v) is 6.55. The third-order valence-corrected chi connectivity index (χ3v) is 4.71. The fourth-order valence-corrected chi connectivity index (χ4v) is 2.85. The van der Waals surface area contributed by atoms with Crippen LogP contribution in [-0.2, 0) is 18.3 Å². The highest BCUT2D eigenvalue weighted by atomic mass is 32.2. The largest absolute Gasteiger partial charge is 0.497 e. The number of carbonyl (C=O) groups excluding carboxylic acids is 1. The first kappa shape index (κ1) is 17.3. The molecule has 0 bridgehead atoms. The molecule has 2 rings (SSSR count). The predicted molar refractivity (Wildman–Crippen MR) is 90.8 cm³/mol. The molecule has 0 unspecified atom stereocenters. The number of rotatable bonds is 7. The van der Waals surface area contributed by atoms with E-state index in [1.165, 1.54) is 11.8 Å². The molecule has 23 heavy (non-hydrogen) atoms. The van der Waals surface area contributed by atoms with E-state index in [0.29, 0.717) is 6.54 Å². The minimum Gasteiger partial charge on any atom is -0.497 e. The Balaban J connectivity index is 1.78. The summed E-state index contributed by atoms with van der Waals surface area (Å²) >= 11 is 1.41. The van der Waals surface area contributed by atoms with Gasteiger partial charge in [0.1, 0.15) is 11.6 Å². The standard InChI is InChI=1S/C16H22N4O2S/c1-11(23-16-19-18-12(2)20(16)3)15(21)17-10-9-13-5-7-14(22-4)8-6-13/h5-8,11H,9-10H2,1-4H3,(H,17,21)/t11-/m1/s1. The third kappa shape index (κ3) is 4.72. The molecule has 1 atom stereocenters. The van der Waals surface area contributed by atoms with E-state index in [0.717, 1.165) is 28.7 Å². The molecule has 124 valence electrons. The van der Waals surface area contributed by atoms with Crippen LogP contribution in [0.1, 0.15) is 18.3 Å². The van der Waals surface area contributed by atoms with Crippen molar-refractivity contribution in [1.82, 2.24) is 20.1 Å².